The van der Waals surface area contributed by atoms with Gasteiger partial charge in [0, 0.05) is 18.3 Å². The number of aliphatic hydroxyl groups is 1. The Kier molecular flexibility index (Phi) is 4.22. The fourth-order valence-corrected chi connectivity index (χ4v) is 2.90. The summed E-state index contributed by atoms with van der Waals surface area (Å²) < 4.78 is 15.3. The lowest BCUT2D eigenvalue weighted by Crippen LogP contribution is -2.33. The van der Waals surface area contributed by atoms with Crippen LogP contribution in [0.25, 0.3) is 10.9 Å². The highest BCUT2D eigenvalue weighted by Crippen LogP contribution is 2.28. The van der Waals surface area contributed by atoms with Gasteiger partial charge in [-0.1, -0.05) is 30.3 Å². The monoisotopic (exact) mass is 298 g/mol. The van der Waals surface area contributed by atoms with Gasteiger partial charge in [-0.2, -0.15) is 0 Å². The van der Waals surface area contributed by atoms with Gasteiger partial charge < -0.3 is 15.0 Å². The molecule has 0 bridgehead atoms. The maximum Gasteiger partial charge on any atom is 0.123 e. The van der Waals surface area contributed by atoms with Crippen molar-refractivity contribution in [1.82, 2.24) is 9.88 Å². The molecule has 2 unspecified atom stereocenters. The fourth-order valence-electron chi connectivity index (χ4n) is 2.90. The number of nitrogens with zero attached hydrogens (tertiary/aromatic N) is 1. The zero-order valence-corrected chi connectivity index (χ0v) is 12.4. The molecule has 0 saturated carbocycles. The summed E-state index contributed by atoms with van der Waals surface area (Å²) in [6.07, 6.45) is 1.35. The van der Waals surface area contributed by atoms with Crippen LogP contribution in [-0.4, -0.2) is 29.4 Å². The smallest absolute Gasteiger partial charge is 0.123 e. The number of fused-ring (bicyclic) bond motifs is 1. The van der Waals surface area contributed by atoms with Gasteiger partial charge in [-0.05, 0) is 42.3 Å². The molecule has 0 aliphatic heterocycles. The number of hydrogen-bond acceptors (Lipinski definition) is 2. The van der Waals surface area contributed by atoms with Gasteiger partial charge >= 0.3 is 0 Å². The number of halogens is 1. The number of likely N-dealkylation sites (N-methyl/N-ethyl adjacent to an activating group) is 1. The summed E-state index contributed by atoms with van der Waals surface area (Å²) in [5.74, 6) is -0.275. The third-order valence-corrected chi connectivity index (χ3v) is 3.92. The van der Waals surface area contributed by atoms with E-state index in [4.69, 9.17) is 0 Å². The Morgan fingerprint density at radius 2 is 1.82 bits per heavy atom. The van der Waals surface area contributed by atoms with E-state index < -0.39 is 6.10 Å². The third-order valence-electron chi connectivity index (χ3n) is 3.92. The zero-order chi connectivity index (χ0) is 15.5. The summed E-state index contributed by atoms with van der Waals surface area (Å²) in [7, 11) is 1.80. The van der Waals surface area contributed by atoms with E-state index in [1.165, 1.54) is 12.1 Å². The lowest BCUT2D eigenvalue weighted by Gasteiger charge is -2.26. The van der Waals surface area contributed by atoms with Gasteiger partial charge in [0.15, 0.2) is 0 Å². The number of benzene rings is 2. The summed E-state index contributed by atoms with van der Waals surface area (Å²) in [5.41, 5.74) is 1.93. The Labute approximate surface area is 129 Å². The molecule has 0 amide bonds. The molecule has 114 valence electrons. The number of para-hydroxylation sites is 1. The molecule has 0 fully saturated rings. The molecule has 1 aromatic heterocycles. The zero-order valence-electron chi connectivity index (χ0n) is 12.4. The molecule has 3 rings (SSSR count). The normalized spacial score (nSPS) is 14.1. The van der Waals surface area contributed by atoms with Crippen molar-refractivity contribution in [3.05, 3.63) is 72.2 Å². The van der Waals surface area contributed by atoms with Crippen molar-refractivity contribution in [3.63, 3.8) is 0 Å². The van der Waals surface area contributed by atoms with Crippen LogP contribution in [0.1, 0.15) is 11.6 Å². The summed E-state index contributed by atoms with van der Waals surface area (Å²) >= 11 is 0. The van der Waals surface area contributed by atoms with Crippen LogP contribution < -0.4 is 5.32 Å². The number of hydrogen-bond donors (Lipinski definition) is 2. The second-order valence-corrected chi connectivity index (χ2v) is 5.40. The molecule has 4 heteroatoms. The first kappa shape index (κ1) is 14.8. The van der Waals surface area contributed by atoms with Gasteiger partial charge in [0.2, 0.25) is 0 Å². The van der Waals surface area contributed by atoms with Crippen LogP contribution in [0.4, 0.5) is 4.39 Å². The number of aromatic nitrogens is 1. The summed E-state index contributed by atoms with van der Waals surface area (Å²) in [4.78, 5) is 0. The SMILES string of the molecule is CNCC(O)C(c1ccc(F)cc1)n1ccc2ccccc21. The quantitative estimate of drug-likeness (QED) is 0.760. The topological polar surface area (TPSA) is 37.2 Å². The Balaban J connectivity index is 2.10. The highest BCUT2D eigenvalue weighted by Gasteiger charge is 2.23. The highest BCUT2D eigenvalue weighted by molar-refractivity contribution is 5.80. The van der Waals surface area contributed by atoms with E-state index in [0.717, 1.165) is 16.5 Å². The van der Waals surface area contributed by atoms with E-state index in [9.17, 15) is 9.50 Å². The molecule has 0 radical (unpaired) electrons. The van der Waals surface area contributed by atoms with E-state index >= 15 is 0 Å². The Bertz CT molecular complexity index is 751. The van der Waals surface area contributed by atoms with Crippen LogP contribution in [-0.2, 0) is 0 Å². The predicted molar refractivity (Wildman–Crippen MR) is 86.4 cm³/mol. The molecule has 0 aliphatic rings. The first-order chi connectivity index (χ1) is 10.7. The van der Waals surface area contributed by atoms with Gasteiger partial charge in [0.05, 0.1) is 12.1 Å². The Hall–Kier alpha value is -2.17. The molecular formula is C18H19FN2O. The molecule has 3 nitrogen and oxygen atoms in total. The van der Waals surface area contributed by atoms with Crippen LogP contribution in [0.3, 0.4) is 0 Å². The van der Waals surface area contributed by atoms with Crippen molar-refractivity contribution in [3.8, 4) is 0 Å². The standard InChI is InChI=1S/C18H19FN2O/c1-20-12-17(22)18(14-6-8-15(19)9-7-14)21-11-10-13-4-2-3-5-16(13)21/h2-11,17-18,20,22H,12H2,1H3. The molecule has 0 aliphatic carbocycles. The maximum atomic E-state index is 13.2. The molecule has 2 N–H and O–H groups in total. The van der Waals surface area contributed by atoms with Gasteiger partial charge in [0.25, 0.3) is 0 Å². The molecule has 3 aromatic rings. The molecule has 22 heavy (non-hydrogen) atoms. The van der Waals surface area contributed by atoms with E-state index in [0.29, 0.717) is 6.54 Å². The Morgan fingerprint density at radius 1 is 1.09 bits per heavy atom. The van der Waals surface area contributed by atoms with Gasteiger partial charge in [-0.15, -0.1) is 0 Å². The maximum absolute atomic E-state index is 13.2. The van der Waals surface area contributed by atoms with Crippen molar-refractivity contribution in [2.75, 3.05) is 13.6 Å². The van der Waals surface area contributed by atoms with Crippen molar-refractivity contribution >= 4 is 10.9 Å². The van der Waals surface area contributed by atoms with E-state index in [1.807, 2.05) is 41.1 Å². The first-order valence-electron chi connectivity index (χ1n) is 7.34. The fraction of sp³-hybridized carbons (Fsp3) is 0.222. The minimum absolute atomic E-state index is 0.270. The van der Waals surface area contributed by atoms with Gasteiger partial charge in [0.1, 0.15) is 5.82 Å². The van der Waals surface area contributed by atoms with Crippen molar-refractivity contribution < 1.29 is 9.50 Å². The Morgan fingerprint density at radius 3 is 2.55 bits per heavy atom. The van der Waals surface area contributed by atoms with Gasteiger partial charge in [-0.3, -0.25) is 0 Å². The molecular weight excluding hydrogens is 279 g/mol. The highest BCUT2D eigenvalue weighted by atomic mass is 19.1. The van der Waals surface area contributed by atoms with Gasteiger partial charge in [-0.25, -0.2) is 4.39 Å². The molecule has 0 saturated heterocycles. The van der Waals surface area contributed by atoms with E-state index in [1.54, 1.807) is 19.2 Å². The van der Waals surface area contributed by atoms with Crippen LogP contribution >= 0.6 is 0 Å². The minimum atomic E-state index is -0.619. The lowest BCUT2D eigenvalue weighted by molar-refractivity contribution is 0.132. The van der Waals surface area contributed by atoms with E-state index in [-0.39, 0.29) is 11.9 Å². The van der Waals surface area contributed by atoms with Crippen molar-refractivity contribution in [2.45, 2.75) is 12.1 Å². The lowest BCUT2D eigenvalue weighted by atomic mass is 10.0. The molecule has 0 spiro atoms. The summed E-state index contributed by atoms with van der Waals surface area (Å²) in [6, 6.07) is 16.1. The predicted octanol–water partition coefficient (Wildman–Crippen LogP) is 2.95. The molecule has 2 atom stereocenters. The third kappa shape index (κ3) is 2.75. The van der Waals surface area contributed by atoms with Crippen molar-refractivity contribution in [2.24, 2.45) is 0 Å². The molecule has 2 aromatic carbocycles. The van der Waals surface area contributed by atoms with Crippen LogP contribution in [0.15, 0.2) is 60.8 Å². The average molecular weight is 298 g/mol. The second-order valence-electron chi connectivity index (χ2n) is 5.40. The van der Waals surface area contributed by atoms with Crippen LogP contribution in [0, 0.1) is 5.82 Å². The number of aliphatic hydroxyl groups excluding tert-OH is 1. The largest absolute Gasteiger partial charge is 0.389 e. The summed E-state index contributed by atoms with van der Waals surface area (Å²) in [5, 5.41) is 14.7. The minimum Gasteiger partial charge on any atom is -0.389 e. The number of rotatable bonds is 5. The average Bonchev–Trinajstić information content (AvgIpc) is 2.94. The van der Waals surface area contributed by atoms with E-state index in [2.05, 4.69) is 5.32 Å². The first-order valence-corrected chi connectivity index (χ1v) is 7.34. The summed E-state index contributed by atoms with van der Waals surface area (Å²) in [6.45, 7) is 0.453. The van der Waals surface area contributed by atoms with Crippen molar-refractivity contribution in [1.29, 1.82) is 0 Å². The van der Waals surface area contributed by atoms with Crippen LogP contribution in [0.5, 0.6) is 0 Å². The number of nitrogens with one attached hydrogen (secondary N) is 1. The van der Waals surface area contributed by atoms with Crippen LogP contribution in [0.2, 0.25) is 0 Å². The molecule has 1 heterocycles. The second kappa shape index (κ2) is 6.30.